The van der Waals surface area contributed by atoms with Crippen LogP contribution in [0.25, 0.3) is 4.25 Å². The Hall–Kier alpha value is -5.34. The number of anilines is 2. The summed E-state index contributed by atoms with van der Waals surface area (Å²) >= 11 is 0.451. The number of amides is 1. The Balaban J connectivity index is 2.05. The molecule has 0 saturated heterocycles. The molecular formula is C25H20N8O5S. The smallest absolute Gasteiger partial charge is 0.303 e. The van der Waals surface area contributed by atoms with Crippen LogP contribution in [0.2, 0.25) is 0 Å². The molecule has 14 heteroatoms. The van der Waals surface area contributed by atoms with Crippen molar-refractivity contribution in [2.45, 2.75) is 24.8 Å². The third-order valence-corrected chi connectivity index (χ3v) is 5.84. The van der Waals surface area contributed by atoms with Gasteiger partial charge in [-0.1, -0.05) is 30.3 Å². The molecule has 0 aromatic heterocycles. The van der Waals surface area contributed by atoms with Gasteiger partial charge in [-0.25, -0.2) is 10.8 Å². The predicted molar refractivity (Wildman–Crippen MR) is 145 cm³/mol. The van der Waals surface area contributed by atoms with Crippen molar-refractivity contribution in [3.8, 4) is 6.07 Å². The van der Waals surface area contributed by atoms with Crippen molar-refractivity contribution < 1.29 is 14.6 Å². The Morgan fingerprint density at radius 3 is 2.38 bits per heavy atom. The summed E-state index contributed by atoms with van der Waals surface area (Å²) in [6, 6.07) is 18.5. The number of nitro benzene ring substituents is 2. The van der Waals surface area contributed by atoms with E-state index < -0.39 is 27.1 Å². The largest absolute Gasteiger partial charge is 0.366 e. The lowest BCUT2D eigenvalue weighted by molar-refractivity contribution is -0.395. The molecule has 0 radical (unpaired) electrons. The fourth-order valence-corrected chi connectivity index (χ4v) is 4.02. The molecule has 1 N–H and O–H groups in total. The topological polar surface area (TPSA) is 171 Å². The summed E-state index contributed by atoms with van der Waals surface area (Å²) in [6.07, 6.45) is 0.262. The minimum Gasteiger partial charge on any atom is -0.366 e. The second-order valence-electron chi connectivity index (χ2n) is 7.90. The van der Waals surface area contributed by atoms with Gasteiger partial charge in [0.2, 0.25) is 5.91 Å². The third-order valence-electron chi connectivity index (χ3n) is 5.22. The molecular weight excluding hydrogens is 524 g/mol. The zero-order chi connectivity index (χ0) is 28.4. The minimum absolute atomic E-state index is 0.124. The maximum absolute atomic E-state index is 11.9. The Kier molecular flexibility index (Phi) is 9.61. The number of nitrogens with zero attached hydrogens (tertiary/aromatic N) is 7. The Morgan fingerprint density at radius 2 is 1.77 bits per heavy atom. The van der Waals surface area contributed by atoms with Crippen molar-refractivity contribution in [1.29, 1.82) is 5.26 Å². The number of carbonyl (C=O) groups excluding carboxylic acids is 1. The van der Waals surface area contributed by atoms with Gasteiger partial charge in [-0.05, 0) is 23.8 Å². The molecule has 0 spiro atoms. The highest BCUT2D eigenvalue weighted by Crippen LogP contribution is 2.41. The van der Waals surface area contributed by atoms with Gasteiger partial charge in [-0.15, -0.1) is 10.2 Å². The molecule has 0 aliphatic rings. The molecule has 0 aliphatic heterocycles. The molecule has 0 fully saturated rings. The van der Waals surface area contributed by atoms with Gasteiger partial charge in [0.1, 0.15) is 5.69 Å². The first-order chi connectivity index (χ1) is 18.7. The van der Waals surface area contributed by atoms with Crippen LogP contribution in [0.1, 0.15) is 18.9 Å². The van der Waals surface area contributed by atoms with E-state index in [0.717, 1.165) is 17.7 Å². The lowest BCUT2D eigenvalue weighted by Gasteiger charge is -2.25. The van der Waals surface area contributed by atoms with Crippen LogP contribution in [-0.2, 0) is 11.3 Å². The molecule has 39 heavy (non-hydrogen) atoms. The van der Waals surface area contributed by atoms with E-state index >= 15 is 0 Å². The van der Waals surface area contributed by atoms with Crippen LogP contribution in [0.5, 0.6) is 0 Å². The summed E-state index contributed by atoms with van der Waals surface area (Å²) in [7, 11) is 0. The van der Waals surface area contributed by atoms with Gasteiger partial charge in [-0.3, -0.25) is 25.0 Å². The zero-order valence-corrected chi connectivity index (χ0v) is 21.3. The first kappa shape index (κ1) is 28.2. The van der Waals surface area contributed by atoms with Gasteiger partial charge in [-0.2, -0.15) is 5.26 Å². The van der Waals surface area contributed by atoms with Crippen molar-refractivity contribution in [3.63, 3.8) is 0 Å². The Bertz CT molecular complexity index is 1520. The second kappa shape index (κ2) is 13.3. The van der Waals surface area contributed by atoms with Gasteiger partial charge in [0.05, 0.1) is 34.1 Å². The van der Waals surface area contributed by atoms with Crippen LogP contribution in [0.4, 0.5) is 34.1 Å². The lowest BCUT2D eigenvalue weighted by Crippen LogP contribution is -2.23. The Labute approximate surface area is 227 Å². The van der Waals surface area contributed by atoms with E-state index in [-0.39, 0.29) is 28.4 Å². The van der Waals surface area contributed by atoms with Crippen LogP contribution < -0.4 is 10.2 Å². The molecule has 13 nitrogen and oxygen atoms in total. The number of carbonyl (C=O) groups is 1. The molecule has 0 heterocycles. The quantitative estimate of drug-likeness (QED) is 0.0910. The highest BCUT2D eigenvalue weighted by Gasteiger charge is 2.27. The number of hydrogen-bond donors (Lipinski definition) is 1. The fourth-order valence-electron chi connectivity index (χ4n) is 3.53. The van der Waals surface area contributed by atoms with Crippen LogP contribution in [0.15, 0.2) is 75.8 Å². The number of nitrogens with one attached hydrogen (secondary N) is 1. The van der Waals surface area contributed by atoms with E-state index in [2.05, 4.69) is 25.9 Å². The van der Waals surface area contributed by atoms with E-state index in [0.29, 0.717) is 30.7 Å². The normalized spacial score (nSPS) is 10.4. The maximum Gasteiger partial charge on any atom is 0.303 e. The first-order valence-corrected chi connectivity index (χ1v) is 12.0. The highest BCUT2D eigenvalue weighted by atomic mass is 32.2. The first-order valence-electron chi connectivity index (χ1n) is 11.2. The highest BCUT2D eigenvalue weighted by molar-refractivity contribution is 8.01. The minimum atomic E-state index is -0.831. The number of rotatable bonds is 11. The molecule has 3 aromatic carbocycles. The maximum atomic E-state index is 11.9. The number of hydrogen-bond acceptors (Lipinski definition) is 10. The van der Waals surface area contributed by atoms with Crippen molar-refractivity contribution in [1.82, 2.24) is 0 Å². The van der Waals surface area contributed by atoms with E-state index in [1.807, 2.05) is 35.2 Å². The fraction of sp³-hybridized carbons (Fsp3) is 0.160. The van der Waals surface area contributed by atoms with Crippen LogP contribution in [-0.4, -0.2) is 22.3 Å². The van der Waals surface area contributed by atoms with Crippen molar-refractivity contribution in [2.75, 3.05) is 16.8 Å². The third kappa shape index (κ3) is 7.58. The van der Waals surface area contributed by atoms with E-state index in [9.17, 15) is 25.0 Å². The summed E-state index contributed by atoms with van der Waals surface area (Å²) in [4.78, 5) is 35.0. The molecule has 3 aromatic rings. The summed E-state index contributed by atoms with van der Waals surface area (Å²) in [5.74, 6) is -0.396. The summed E-state index contributed by atoms with van der Waals surface area (Å²) in [5.41, 5.74) is 0.575. The summed E-state index contributed by atoms with van der Waals surface area (Å²) in [6.45, 7) is 9.22. The molecule has 0 saturated carbocycles. The monoisotopic (exact) mass is 544 g/mol. The average Bonchev–Trinajstić information content (AvgIpc) is 2.90. The standard InChI is InChI=1S/C25H20N8O5S/c1-17(34)28-21-13-19(31(12-6-11-26)16-18-7-4-3-5-8-18)9-10-20(21)29-30-22-14-25(39-27-2)24(33(37)38)15-23(22)32(35)36/h3-5,7-10,13-15H,6,12,16H2,1H3,(H,28,34). The van der Waals surface area contributed by atoms with Crippen molar-refractivity contribution in [3.05, 3.63) is 97.3 Å². The van der Waals surface area contributed by atoms with Gasteiger partial charge < -0.3 is 10.2 Å². The Morgan fingerprint density at radius 1 is 1.08 bits per heavy atom. The molecule has 1 amide bonds. The van der Waals surface area contributed by atoms with Gasteiger partial charge in [0, 0.05) is 31.8 Å². The van der Waals surface area contributed by atoms with Crippen LogP contribution in [0, 0.1) is 38.1 Å². The summed E-state index contributed by atoms with van der Waals surface area (Å²) < 4.78 is 3.05. The second-order valence-corrected chi connectivity index (χ2v) is 8.71. The van der Waals surface area contributed by atoms with Crippen LogP contribution in [0.3, 0.4) is 0 Å². The molecule has 0 bridgehead atoms. The van der Waals surface area contributed by atoms with Gasteiger partial charge in [0.25, 0.3) is 5.69 Å². The number of nitriles is 1. The zero-order valence-electron chi connectivity index (χ0n) is 20.5. The number of benzene rings is 3. The van der Waals surface area contributed by atoms with Gasteiger partial charge >= 0.3 is 17.6 Å². The molecule has 196 valence electrons. The van der Waals surface area contributed by atoms with E-state index in [1.165, 1.54) is 6.92 Å². The average molecular weight is 545 g/mol. The SMILES string of the molecule is [C-]#[N+]Sc1cc(N=Nc2ccc(N(CCC#N)Cc3ccccc3)cc2NC(C)=O)c([N+](=O)[O-])cc1[N+](=O)[O-]. The van der Waals surface area contributed by atoms with Gasteiger partial charge in [0.15, 0.2) is 10.6 Å². The lowest BCUT2D eigenvalue weighted by atomic mass is 10.1. The molecule has 3 rings (SSSR count). The molecule has 0 unspecified atom stereocenters. The predicted octanol–water partition coefficient (Wildman–Crippen LogP) is 6.72. The summed E-state index contributed by atoms with van der Waals surface area (Å²) in [5, 5.41) is 42.7. The van der Waals surface area contributed by atoms with Crippen molar-refractivity contribution >= 4 is 52.0 Å². The molecule has 0 atom stereocenters. The van der Waals surface area contributed by atoms with E-state index in [4.69, 9.17) is 11.8 Å². The van der Waals surface area contributed by atoms with Crippen LogP contribution >= 0.6 is 11.9 Å². The van der Waals surface area contributed by atoms with Crippen molar-refractivity contribution in [2.24, 2.45) is 10.2 Å². The van der Waals surface area contributed by atoms with E-state index in [1.54, 1.807) is 18.2 Å². The molecule has 0 aliphatic carbocycles. The number of nitro groups is 2. The number of azo groups is 1.